The topological polar surface area (TPSA) is 117 Å². The van der Waals surface area contributed by atoms with E-state index < -0.39 is 18.7 Å². The largest absolute Gasteiger partial charge is 0.547 e. The van der Waals surface area contributed by atoms with Gasteiger partial charge in [-0.2, -0.15) is 0 Å². The average molecular weight is 214 g/mol. The van der Waals surface area contributed by atoms with Crippen molar-refractivity contribution >= 4 is 5.97 Å². The van der Waals surface area contributed by atoms with Crippen LogP contribution in [-0.2, 0) is 31.0 Å². The molecule has 5 nitrogen and oxygen atoms in total. The smallest absolute Gasteiger partial charge is 0.116 e. The zero-order valence-electron chi connectivity index (χ0n) is 5.00. The summed E-state index contributed by atoms with van der Waals surface area (Å²) >= 11 is 0. The maximum atomic E-state index is 9.41. The molecule has 0 rings (SSSR count). The third-order valence-corrected chi connectivity index (χ3v) is 0.445. The third-order valence-electron chi connectivity index (χ3n) is 0.445. The van der Waals surface area contributed by atoms with Crippen LogP contribution in [0.15, 0.2) is 0 Å². The number of carboxylic acid groups (broad SMARTS) is 1. The number of hydrogen-bond donors (Lipinski definition) is 3. The van der Waals surface area contributed by atoms with Crippen LogP contribution in [0.1, 0.15) is 0 Å². The van der Waals surface area contributed by atoms with Crippen molar-refractivity contribution in [1.29, 1.82) is 0 Å². The first kappa shape index (κ1) is 16.1. The van der Waals surface area contributed by atoms with Gasteiger partial charge in [0.25, 0.3) is 0 Å². The Morgan fingerprint density at radius 1 is 1.67 bits per heavy atom. The summed E-state index contributed by atoms with van der Waals surface area (Å²) in [7, 11) is 0. The second-order valence-corrected chi connectivity index (χ2v) is 1.02. The Morgan fingerprint density at radius 3 is 2.00 bits per heavy atom. The minimum atomic E-state index is -1.74. The number of aliphatic hydroxyl groups is 2. The Morgan fingerprint density at radius 2 is 2.00 bits per heavy atom. The van der Waals surface area contributed by atoms with Gasteiger partial charge in [0.1, 0.15) is 6.10 Å². The maximum Gasteiger partial charge on any atom is 0.116 e. The Hall–Kier alpha value is 0.233. The monoisotopic (exact) mass is 213 g/mol. The molecular formula is C3H9NO4Zr. The molecule has 0 saturated heterocycles. The van der Waals surface area contributed by atoms with Crippen molar-refractivity contribution in [2.24, 2.45) is 0 Å². The molecule has 0 bridgehead atoms. The minimum Gasteiger partial charge on any atom is -0.547 e. The number of hydrogen-bond acceptors (Lipinski definition) is 4. The molecule has 1 atom stereocenters. The first-order chi connectivity index (χ1) is 3.18. The van der Waals surface area contributed by atoms with E-state index in [1.54, 1.807) is 0 Å². The number of carbonyl (C=O) groups is 1. The van der Waals surface area contributed by atoms with Crippen molar-refractivity contribution in [3.05, 3.63) is 0 Å². The Balaban J connectivity index is -0.000000180. The molecule has 0 aliphatic carbocycles. The predicted molar refractivity (Wildman–Crippen MR) is 24.1 cm³/mol. The summed E-state index contributed by atoms with van der Waals surface area (Å²) in [5.41, 5.74) is 0. The number of rotatable bonds is 2. The molecule has 0 amide bonds. The molecule has 0 heterocycles. The average Bonchev–Trinajstić information content (AvgIpc) is 1.65. The summed E-state index contributed by atoms with van der Waals surface area (Å²) in [6, 6.07) is 0. The van der Waals surface area contributed by atoms with Gasteiger partial charge >= 0.3 is 0 Å². The molecule has 0 aliphatic rings. The normalized spacial score (nSPS) is 10.4. The number of aliphatic carboxylic acids is 1. The van der Waals surface area contributed by atoms with Crippen LogP contribution in [0.4, 0.5) is 0 Å². The second-order valence-electron chi connectivity index (χ2n) is 1.02. The summed E-state index contributed by atoms with van der Waals surface area (Å²) in [6.45, 7) is -0.789. The minimum absolute atomic E-state index is 0. The fraction of sp³-hybridized carbons (Fsp3) is 0.667. The van der Waals surface area contributed by atoms with E-state index in [1.807, 2.05) is 0 Å². The van der Waals surface area contributed by atoms with E-state index in [9.17, 15) is 9.90 Å². The van der Waals surface area contributed by atoms with E-state index in [0.717, 1.165) is 0 Å². The molecule has 0 radical (unpaired) electrons. The molecule has 9 heavy (non-hydrogen) atoms. The van der Waals surface area contributed by atoms with Crippen LogP contribution in [-0.4, -0.2) is 28.9 Å². The predicted octanol–water partition coefficient (Wildman–Crippen LogP) is -2.54. The van der Waals surface area contributed by atoms with Gasteiger partial charge in [-0.1, -0.05) is 0 Å². The van der Waals surface area contributed by atoms with E-state index >= 15 is 0 Å². The Bertz CT molecular complexity index is 78.2. The molecule has 54 valence electrons. The summed E-state index contributed by atoms with van der Waals surface area (Å²) in [5, 5.41) is 25.3. The zero-order valence-corrected chi connectivity index (χ0v) is 7.45. The van der Waals surface area contributed by atoms with Crippen LogP contribution < -0.4 is 11.3 Å². The standard InChI is InChI=1S/C3H6O4.H3N.Zr/c4-1-2(5)3(6)7;;/h2,4-5H,1H2,(H,6,7);1H3;. The van der Waals surface area contributed by atoms with Gasteiger partial charge in [-0.25, -0.2) is 0 Å². The molecule has 0 aromatic heterocycles. The van der Waals surface area contributed by atoms with Gasteiger partial charge < -0.3 is 26.3 Å². The molecule has 0 aliphatic heterocycles. The van der Waals surface area contributed by atoms with Crippen molar-refractivity contribution < 1.29 is 46.3 Å². The first-order valence-corrected chi connectivity index (χ1v) is 1.68. The Labute approximate surface area is 71.4 Å². The molecule has 0 aromatic carbocycles. The van der Waals surface area contributed by atoms with Crippen molar-refractivity contribution in [3.8, 4) is 0 Å². The van der Waals surface area contributed by atoms with E-state index in [-0.39, 0.29) is 32.4 Å². The summed E-state index contributed by atoms with van der Waals surface area (Å²) in [4.78, 5) is 9.41. The number of aliphatic hydroxyl groups excluding tert-OH is 2. The van der Waals surface area contributed by atoms with E-state index in [1.165, 1.54) is 0 Å². The van der Waals surface area contributed by atoms with Crippen LogP contribution in [0.5, 0.6) is 0 Å². The number of carboxylic acids is 1. The van der Waals surface area contributed by atoms with E-state index in [0.29, 0.717) is 0 Å². The van der Waals surface area contributed by atoms with Gasteiger partial charge in [0, 0.05) is 26.2 Å². The summed E-state index contributed by atoms with van der Waals surface area (Å²) < 4.78 is 0. The van der Waals surface area contributed by atoms with Crippen LogP contribution in [0.3, 0.4) is 0 Å². The molecular weight excluding hydrogens is 205 g/mol. The van der Waals surface area contributed by atoms with Crippen LogP contribution >= 0.6 is 0 Å². The van der Waals surface area contributed by atoms with Crippen molar-refractivity contribution in [2.45, 2.75) is 6.10 Å². The molecule has 0 saturated carbocycles. The van der Waals surface area contributed by atoms with Gasteiger partial charge in [-0.3, -0.25) is 0 Å². The van der Waals surface area contributed by atoms with Crippen LogP contribution in [0.25, 0.3) is 0 Å². The van der Waals surface area contributed by atoms with Crippen LogP contribution in [0, 0.1) is 0 Å². The van der Waals surface area contributed by atoms with Crippen molar-refractivity contribution in [1.82, 2.24) is 6.15 Å². The molecule has 6 heteroatoms. The van der Waals surface area contributed by atoms with E-state index in [2.05, 4.69) is 0 Å². The number of carbonyl (C=O) groups excluding carboxylic acids is 1. The van der Waals surface area contributed by atoms with Crippen molar-refractivity contribution in [3.63, 3.8) is 0 Å². The molecule has 0 spiro atoms. The van der Waals surface area contributed by atoms with Crippen molar-refractivity contribution in [2.75, 3.05) is 6.61 Å². The molecule has 1 unspecified atom stereocenters. The van der Waals surface area contributed by atoms with E-state index in [4.69, 9.17) is 10.2 Å². The van der Waals surface area contributed by atoms with Gasteiger partial charge in [0.05, 0.1) is 12.6 Å². The maximum absolute atomic E-state index is 9.41. The quantitative estimate of drug-likeness (QED) is 0.469. The Kier molecular flexibility index (Phi) is 14.7. The van der Waals surface area contributed by atoms with Gasteiger partial charge in [0.15, 0.2) is 0 Å². The fourth-order valence-electron chi connectivity index (χ4n) is 0.0745. The first-order valence-electron chi connectivity index (χ1n) is 1.68. The molecule has 6 N–H and O–H groups in total. The molecule has 0 fully saturated rings. The second kappa shape index (κ2) is 8.23. The fourth-order valence-corrected chi connectivity index (χ4v) is 0.0745. The summed E-state index contributed by atoms with van der Waals surface area (Å²) in [6.07, 6.45) is -1.74. The molecule has 0 aromatic rings. The SMILES string of the molecule is O=C([O-])C(O)CO.[NH4+].[Zr]. The number of quaternary nitrogens is 1. The zero-order chi connectivity index (χ0) is 5.86. The van der Waals surface area contributed by atoms with Gasteiger partial charge in [-0.05, 0) is 0 Å². The van der Waals surface area contributed by atoms with Crippen LogP contribution in [0.2, 0.25) is 0 Å². The summed E-state index contributed by atoms with van der Waals surface area (Å²) in [5.74, 6) is -1.65. The van der Waals surface area contributed by atoms with Gasteiger partial charge in [-0.15, -0.1) is 0 Å². The van der Waals surface area contributed by atoms with Gasteiger partial charge in [0.2, 0.25) is 0 Å². The third kappa shape index (κ3) is 8.23.